The molecule has 3 heterocycles. The number of thiocarbonyl (C=S) groups is 1. The molecule has 0 aliphatic carbocycles. The molecule has 1 aromatic carbocycles. The van der Waals surface area contributed by atoms with E-state index in [4.69, 9.17) is 17.0 Å². The molecular formula is C26H30N4O2S. The van der Waals surface area contributed by atoms with Gasteiger partial charge in [0, 0.05) is 24.1 Å². The Bertz CT molecular complexity index is 1160. The summed E-state index contributed by atoms with van der Waals surface area (Å²) in [4.78, 5) is 19.4. The van der Waals surface area contributed by atoms with Crippen LogP contribution in [-0.4, -0.2) is 39.2 Å². The Labute approximate surface area is 200 Å². The van der Waals surface area contributed by atoms with Gasteiger partial charge in [-0.25, -0.2) is 4.79 Å². The molecule has 33 heavy (non-hydrogen) atoms. The zero-order chi connectivity index (χ0) is 23.5. The molecule has 172 valence electrons. The van der Waals surface area contributed by atoms with Gasteiger partial charge in [0.2, 0.25) is 0 Å². The van der Waals surface area contributed by atoms with Crippen LogP contribution in [-0.2, 0) is 4.74 Å². The molecule has 2 aromatic heterocycles. The van der Waals surface area contributed by atoms with Crippen molar-refractivity contribution in [1.82, 2.24) is 19.8 Å². The summed E-state index contributed by atoms with van der Waals surface area (Å²) in [6.07, 6.45) is 3.96. The number of ether oxygens (including phenoxy) is 1. The van der Waals surface area contributed by atoms with Gasteiger partial charge in [-0.05, 0) is 68.4 Å². The predicted molar refractivity (Wildman–Crippen MR) is 134 cm³/mol. The minimum absolute atomic E-state index is 0.00388. The minimum atomic E-state index is -0.348. The zero-order valence-corrected chi connectivity index (χ0v) is 20.4. The second-order valence-corrected chi connectivity index (χ2v) is 8.73. The van der Waals surface area contributed by atoms with Crippen LogP contribution in [0.15, 0.2) is 54.7 Å². The number of para-hydroxylation sites is 1. The average Bonchev–Trinajstić information content (AvgIpc) is 3.32. The maximum absolute atomic E-state index is 12.5. The first-order chi connectivity index (χ1) is 16.0. The number of unbranched alkanes of at least 4 members (excludes halogenated alkanes) is 1. The van der Waals surface area contributed by atoms with Crippen LogP contribution < -0.4 is 5.32 Å². The highest BCUT2D eigenvalue weighted by Crippen LogP contribution is 2.41. The van der Waals surface area contributed by atoms with Crippen molar-refractivity contribution in [2.24, 2.45) is 0 Å². The van der Waals surface area contributed by atoms with Crippen LogP contribution in [0, 0.1) is 13.8 Å². The van der Waals surface area contributed by atoms with Crippen molar-refractivity contribution >= 4 is 23.3 Å². The largest absolute Gasteiger partial charge is 0.465 e. The number of benzene rings is 1. The van der Waals surface area contributed by atoms with Gasteiger partial charge in [-0.15, -0.1) is 0 Å². The fourth-order valence-electron chi connectivity index (χ4n) is 4.72. The molecule has 2 atom stereocenters. The molecule has 0 spiro atoms. The Balaban J connectivity index is 1.85. The first-order valence-corrected chi connectivity index (χ1v) is 11.7. The first-order valence-electron chi connectivity index (χ1n) is 11.3. The second-order valence-electron chi connectivity index (χ2n) is 8.34. The third-order valence-corrected chi connectivity index (χ3v) is 6.64. The SMILES string of the molecule is CCCCN1C(=S)N[C@@H](c2ccccn2)[C@H]1c1cc(C)n(-c2ccccc2C(=O)OC)c1C. The molecule has 1 fully saturated rings. The van der Waals surface area contributed by atoms with Gasteiger partial charge in [0.25, 0.3) is 0 Å². The number of carbonyl (C=O) groups is 1. The maximum atomic E-state index is 12.5. The molecule has 1 aliphatic rings. The number of nitrogens with one attached hydrogen (secondary N) is 1. The average molecular weight is 463 g/mol. The maximum Gasteiger partial charge on any atom is 0.339 e. The molecule has 0 unspecified atom stereocenters. The Morgan fingerprint density at radius 2 is 1.94 bits per heavy atom. The molecule has 1 saturated heterocycles. The third-order valence-electron chi connectivity index (χ3n) is 6.29. The Hall–Kier alpha value is -3.19. The molecule has 4 rings (SSSR count). The fourth-order valence-corrected chi connectivity index (χ4v) is 5.05. The zero-order valence-electron chi connectivity index (χ0n) is 19.5. The summed E-state index contributed by atoms with van der Waals surface area (Å²) in [5.74, 6) is -0.348. The van der Waals surface area contributed by atoms with Crippen molar-refractivity contribution in [3.05, 3.63) is 82.9 Å². The van der Waals surface area contributed by atoms with E-state index in [1.165, 1.54) is 12.7 Å². The highest BCUT2D eigenvalue weighted by Gasteiger charge is 2.41. The van der Waals surface area contributed by atoms with E-state index in [9.17, 15) is 4.79 Å². The van der Waals surface area contributed by atoms with Crippen LogP contribution >= 0.6 is 12.2 Å². The van der Waals surface area contributed by atoms with Crippen LogP contribution in [0.3, 0.4) is 0 Å². The normalized spacial score (nSPS) is 17.8. The summed E-state index contributed by atoms with van der Waals surface area (Å²) in [7, 11) is 1.41. The quantitative estimate of drug-likeness (QED) is 0.392. The van der Waals surface area contributed by atoms with E-state index >= 15 is 0 Å². The van der Waals surface area contributed by atoms with E-state index in [2.05, 4.69) is 46.6 Å². The van der Waals surface area contributed by atoms with E-state index in [0.717, 1.165) is 47.3 Å². The molecule has 1 aliphatic heterocycles. The smallest absolute Gasteiger partial charge is 0.339 e. The van der Waals surface area contributed by atoms with E-state index in [1.54, 1.807) is 6.07 Å². The monoisotopic (exact) mass is 462 g/mol. The fraction of sp³-hybridized carbons (Fsp3) is 0.346. The number of aromatic nitrogens is 2. The van der Waals surface area contributed by atoms with Gasteiger partial charge >= 0.3 is 5.97 Å². The van der Waals surface area contributed by atoms with Crippen molar-refractivity contribution in [2.75, 3.05) is 13.7 Å². The number of esters is 1. The first kappa shape index (κ1) is 23.0. The predicted octanol–water partition coefficient (Wildman–Crippen LogP) is 5.05. The van der Waals surface area contributed by atoms with Gasteiger partial charge < -0.3 is 19.5 Å². The van der Waals surface area contributed by atoms with Gasteiger partial charge in [-0.2, -0.15) is 0 Å². The highest BCUT2D eigenvalue weighted by molar-refractivity contribution is 7.80. The van der Waals surface area contributed by atoms with Crippen LogP contribution in [0.5, 0.6) is 0 Å². The number of pyridine rings is 1. The van der Waals surface area contributed by atoms with Gasteiger partial charge in [-0.3, -0.25) is 4.98 Å². The molecule has 6 nitrogen and oxygen atoms in total. The number of methoxy groups -OCH3 is 1. The molecule has 0 amide bonds. The molecule has 3 aromatic rings. The summed E-state index contributed by atoms with van der Waals surface area (Å²) in [5, 5.41) is 4.28. The van der Waals surface area contributed by atoms with E-state index in [0.29, 0.717) is 5.56 Å². The molecule has 0 saturated carbocycles. The minimum Gasteiger partial charge on any atom is -0.465 e. The van der Waals surface area contributed by atoms with Gasteiger partial charge in [0.05, 0.1) is 36.1 Å². The Morgan fingerprint density at radius 3 is 2.64 bits per heavy atom. The number of hydrogen-bond donors (Lipinski definition) is 1. The molecule has 7 heteroatoms. The van der Waals surface area contributed by atoms with E-state index in [-0.39, 0.29) is 18.1 Å². The summed E-state index contributed by atoms with van der Waals surface area (Å²) in [6, 6.07) is 15.7. The lowest BCUT2D eigenvalue weighted by molar-refractivity contribution is 0.0600. The lowest BCUT2D eigenvalue weighted by Crippen LogP contribution is -2.30. The number of carbonyl (C=O) groups excluding carboxylic acids is 1. The van der Waals surface area contributed by atoms with Gasteiger partial charge in [-0.1, -0.05) is 31.5 Å². The number of aryl methyl sites for hydroxylation is 1. The topological polar surface area (TPSA) is 59.4 Å². The Morgan fingerprint density at radius 1 is 1.18 bits per heavy atom. The van der Waals surface area contributed by atoms with Gasteiger partial charge in [0.15, 0.2) is 5.11 Å². The molecule has 1 N–H and O–H groups in total. The van der Waals surface area contributed by atoms with Crippen molar-refractivity contribution in [1.29, 1.82) is 0 Å². The van der Waals surface area contributed by atoms with Crippen molar-refractivity contribution in [3.63, 3.8) is 0 Å². The second kappa shape index (κ2) is 9.75. The van der Waals surface area contributed by atoms with Crippen LogP contribution in [0.2, 0.25) is 0 Å². The molecular weight excluding hydrogens is 432 g/mol. The number of hydrogen-bond acceptors (Lipinski definition) is 4. The van der Waals surface area contributed by atoms with E-state index < -0.39 is 0 Å². The van der Waals surface area contributed by atoms with Crippen molar-refractivity contribution in [2.45, 2.75) is 45.7 Å². The lowest BCUT2D eigenvalue weighted by Gasteiger charge is -2.28. The number of rotatable bonds is 7. The summed E-state index contributed by atoms with van der Waals surface area (Å²) >= 11 is 5.77. The summed E-state index contributed by atoms with van der Waals surface area (Å²) < 4.78 is 7.17. The standard InChI is InChI=1S/C26H30N4O2S/c1-5-6-15-29-24(23(28-26(29)33)21-12-9-10-14-27-21)20-16-17(2)30(18(20)3)22-13-8-7-11-19(22)25(31)32-4/h7-14,16,23-24H,5-6,15H2,1-4H3,(H,28,33)/t23-,24+/m0/s1. The van der Waals surface area contributed by atoms with Crippen LogP contribution in [0.4, 0.5) is 0 Å². The number of nitrogens with zero attached hydrogens (tertiary/aromatic N) is 3. The lowest BCUT2D eigenvalue weighted by atomic mass is 9.96. The summed E-state index contributed by atoms with van der Waals surface area (Å²) in [6.45, 7) is 7.23. The van der Waals surface area contributed by atoms with Crippen molar-refractivity contribution in [3.8, 4) is 5.69 Å². The summed E-state index contributed by atoms with van der Waals surface area (Å²) in [5.41, 5.74) is 5.61. The Kier molecular flexibility index (Phi) is 6.79. The third kappa shape index (κ3) is 4.25. The van der Waals surface area contributed by atoms with Crippen LogP contribution in [0.1, 0.15) is 64.9 Å². The van der Waals surface area contributed by atoms with E-state index in [1.807, 2.05) is 42.6 Å². The molecule has 0 radical (unpaired) electrons. The van der Waals surface area contributed by atoms with Gasteiger partial charge in [0.1, 0.15) is 0 Å². The van der Waals surface area contributed by atoms with Crippen LogP contribution in [0.25, 0.3) is 5.69 Å². The molecule has 0 bridgehead atoms. The van der Waals surface area contributed by atoms with Crippen molar-refractivity contribution < 1.29 is 9.53 Å². The highest BCUT2D eigenvalue weighted by atomic mass is 32.1.